The van der Waals surface area contributed by atoms with E-state index in [1.54, 1.807) is 24.4 Å². The molecule has 2 aromatic rings. The summed E-state index contributed by atoms with van der Waals surface area (Å²) < 4.78 is 5.54. The Morgan fingerprint density at radius 2 is 1.95 bits per heavy atom. The number of anilines is 1. The Kier molecular flexibility index (Phi) is 8.69. The second kappa shape index (κ2) is 12.0. The molecule has 0 bridgehead atoms. The van der Waals surface area contributed by atoms with Crippen LogP contribution >= 0.6 is 0 Å². The number of nitrogens with zero attached hydrogens (tertiary/aromatic N) is 3. The smallest absolute Gasteiger partial charge is 0.351 e. The fourth-order valence-electron chi connectivity index (χ4n) is 4.70. The van der Waals surface area contributed by atoms with Gasteiger partial charge in [-0.2, -0.15) is 0 Å². The van der Waals surface area contributed by atoms with E-state index in [1.807, 2.05) is 0 Å². The van der Waals surface area contributed by atoms with Gasteiger partial charge in [0, 0.05) is 35.3 Å². The van der Waals surface area contributed by atoms with Gasteiger partial charge in [0.1, 0.15) is 5.60 Å². The van der Waals surface area contributed by atoms with Gasteiger partial charge in [0.05, 0.1) is 11.6 Å². The minimum atomic E-state index is -2.71. The van der Waals surface area contributed by atoms with Crippen molar-refractivity contribution in [3.8, 4) is 17.6 Å². The highest BCUT2D eigenvalue weighted by Crippen LogP contribution is 2.31. The Labute approximate surface area is 223 Å². The number of aliphatic imine (C=N–C) groups is 1. The Bertz CT molecular complexity index is 1230. The van der Waals surface area contributed by atoms with Crippen LogP contribution in [0.25, 0.3) is 5.57 Å². The van der Waals surface area contributed by atoms with Crippen molar-refractivity contribution in [2.45, 2.75) is 62.6 Å². The Balaban J connectivity index is 1.50. The summed E-state index contributed by atoms with van der Waals surface area (Å²) in [7, 11) is 2.10. The summed E-state index contributed by atoms with van der Waals surface area (Å²) in [5.74, 6) is 3.18. The molecule has 2 heterocycles. The molecule has 9 heteroatoms. The Hall–Kier alpha value is -3.42. The number of likely N-dealkylation sites (tertiary alicyclic amines) is 1. The van der Waals surface area contributed by atoms with Gasteiger partial charge in [-0.25, -0.2) is 4.98 Å². The molecule has 1 aromatic heterocycles. The average Bonchev–Trinajstić information content (AvgIpc) is 2.91. The molecule has 0 atom stereocenters. The molecule has 1 saturated carbocycles. The standard InChI is InChI=1S/C29H37N5O4/c1-34-14-9-25(10-15-34)32-20-23(18-30)22-17-26(27(31)33-19-22)38-29(36,37)24-7-5-6-21(16-24)8-13-28(35)11-3-2-4-12-28/h5-7,16-20,25,35-37H,2-4,9-12,14-15,30H2,1H3,(H2,31,33). The maximum absolute atomic E-state index is 10.8. The maximum Gasteiger partial charge on any atom is 0.351 e. The van der Waals surface area contributed by atoms with Gasteiger partial charge >= 0.3 is 5.97 Å². The van der Waals surface area contributed by atoms with Crippen LogP contribution in [0, 0.1) is 11.8 Å². The summed E-state index contributed by atoms with van der Waals surface area (Å²) >= 11 is 0. The summed E-state index contributed by atoms with van der Waals surface area (Å²) in [5, 5.41) is 32.3. The fourth-order valence-corrected chi connectivity index (χ4v) is 4.70. The van der Waals surface area contributed by atoms with E-state index >= 15 is 0 Å². The molecule has 0 spiro atoms. The minimum absolute atomic E-state index is 0.0136. The number of allylic oxidation sites excluding steroid dienone is 1. The SMILES string of the molecule is CN1CCC(N=CC(=CN)c2cnc(N)c(OC(O)(O)c3cccc(C#CC4(O)CCCCC4)c3)c2)CC1. The molecule has 1 aliphatic carbocycles. The van der Waals surface area contributed by atoms with Crippen LogP contribution in [0.5, 0.6) is 5.75 Å². The van der Waals surface area contributed by atoms with Crippen molar-refractivity contribution in [1.82, 2.24) is 9.88 Å². The number of nitrogen functional groups attached to an aromatic ring is 1. The zero-order valence-electron chi connectivity index (χ0n) is 21.8. The average molecular weight is 520 g/mol. The first-order valence-electron chi connectivity index (χ1n) is 13.1. The van der Waals surface area contributed by atoms with Gasteiger partial charge in [-0.1, -0.05) is 24.3 Å². The number of piperidine rings is 1. The number of rotatable bonds is 6. The molecule has 1 aliphatic heterocycles. The Morgan fingerprint density at radius 3 is 2.66 bits per heavy atom. The van der Waals surface area contributed by atoms with Crippen molar-refractivity contribution < 1.29 is 20.1 Å². The van der Waals surface area contributed by atoms with Crippen molar-refractivity contribution in [1.29, 1.82) is 0 Å². The number of hydrogen-bond acceptors (Lipinski definition) is 9. The monoisotopic (exact) mass is 519 g/mol. The molecule has 1 aromatic carbocycles. The summed E-state index contributed by atoms with van der Waals surface area (Å²) in [4.78, 5) is 11.1. The number of nitrogens with two attached hydrogens (primary N) is 2. The highest BCUT2D eigenvalue weighted by Gasteiger charge is 2.31. The first-order chi connectivity index (χ1) is 18.2. The maximum atomic E-state index is 10.8. The van der Waals surface area contributed by atoms with Gasteiger partial charge in [0.2, 0.25) is 0 Å². The topological polar surface area (TPSA) is 150 Å². The van der Waals surface area contributed by atoms with E-state index in [0.29, 0.717) is 29.5 Å². The lowest BCUT2D eigenvalue weighted by molar-refractivity contribution is -0.303. The van der Waals surface area contributed by atoms with Crippen LogP contribution in [0.1, 0.15) is 61.6 Å². The lowest BCUT2D eigenvalue weighted by Crippen LogP contribution is -2.33. The second-order valence-electron chi connectivity index (χ2n) is 10.2. The normalized spacial score (nSPS) is 19.2. The zero-order valence-corrected chi connectivity index (χ0v) is 21.8. The number of hydrogen-bond donors (Lipinski definition) is 5. The van der Waals surface area contributed by atoms with Crippen LogP contribution in [0.15, 0.2) is 47.7 Å². The van der Waals surface area contributed by atoms with E-state index in [2.05, 4.69) is 33.8 Å². The minimum Gasteiger partial charge on any atom is -0.432 e. The van der Waals surface area contributed by atoms with Crippen molar-refractivity contribution in [3.05, 3.63) is 59.4 Å². The molecular weight excluding hydrogens is 482 g/mol. The Morgan fingerprint density at radius 1 is 1.21 bits per heavy atom. The van der Waals surface area contributed by atoms with Crippen LogP contribution in [0.4, 0.5) is 5.82 Å². The predicted molar refractivity (Wildman–Crippen MR) is 148 cm³/mol. The van der Waals surface area contributed by atoms with E-state index in [4.69, 9.17) is 16.2 Å². The molecule has 1 saturated heterocycles. The summed E-state index contributed by atoms with van der Waals surface area (Å²) in [6.45, 7) is 1.99. The van der Waals surface area contributed by atoms with Gasteiger partial charge in [-0.3, -0.25) is 4.99 Å². The number of aromatic nitrogens is 1. The molecule has 0 unspecified atom stereocenters. The van der Waals surface area contributed by atoms with E-state index < -0.39 is 11.6 Å². The molecule has 2 aliphatic rings. The summed E-state index contributed by atoms with van der Waals surface area (Å²) in [6, 6.07) is 8.15. The van der Waals surface area contributed by atoms with Gasteiger partial charge < -0.3 is 36.4 Å². The fraction of sp³-hybridized carbons (Fsp3) is 0.448. The van der Waals surface area contributed by atoms with Crippen molar-refractivity contribution >= 4 is 17.6 Å². The highest BCUT2D eigenvalue weighted by molar-refractivity contribution is 6.09. The van der Waals surface area contributed by atoms with Crippen LogP contribution in [-0.2, 0) is 5.97 Å². The van der Waals surface area contributed by atoms with Crippen LogP contribution in [-0.4, -0.2) is 63.2 Å². The van der Waals surface area contributed by atoms with E-state index in [0.717, 1.165) is 45.2 Å². The first kappa shape index (κ1) is 27.6. The van der Waals surface area contributed by atoms with Crippen LogP contribution in [0.2, 0.25) is 0 Å². The van der Waals surface area contributed by atoms with Gasteiger partial charge in [0.25, 0.3) is 0 Å². The highest BCUT2D eigenvalue weighted by atomic mass is 16.8. The largest absolute Gasteiger partial charge is 0.432 e. The van der Waals surface area contributed by atoms with E-state index in [1.165, 1.54) is 24.5 Å². The number of benzene rings is 1. The molecule has 38 heavy (non-hydrogen) atoms. The third kappa shape index (κ3) is 7.11. The molecular formula is C29H37N5O4. The molecule has 202 valence electrons. The predicted octanol–water partition coefficient (Wildman–Crippen LogP) is 2.35. The summed E-state index contributed by atoms with van der Waals surface area (Å²) in [6.07, 6.45) is 10.9. The van der Waals surface area contributed by atoms with Crippen molar-refractivity contribution in [2.75, 3.05) is 25.9 Å². The quantitative estimate of drug-likeness (QED) is 0.222. The van der Waals surface area contributed by atoms with Crippen molar-refractivity contribution in [3.63, 3.8) is 0 Å². The lowest BCUT2D eigenvalue weighted by atomic mass is 9.85. The summed E-state index contributed by atoms with van der Waals surface area (Å²) in [5.41, 5.74) is 12.6. The molecule has 4 rings (SSSR count). The van der Waals surface area contributed by atoms with Crippen LogP contribution < -0.4 is 16.2 Å². The molecule has 2 fully saturated rings. The third-order valence-electron chi connectivity index (χ3n) is 7.12. The van der Waals surface area contributed by atoms with Gasteiger partial charge in [-0.15, -0.1) is 0 Å². The molecule has 7 N–H and O–H groups in total. The lowest BCUT2D eigenvalue weighted by Gasteiger charge is -2.26. The molecule has 0 amide bonds. The number of pyridine rings is 1. The third-order valence-corrected chi connectivity index (χ3v) is 7.12. The van der Waals surface area contributed by atoms with Crippen LogP contribution in [0.3, 0.4) is 0 Å². The van der Waals surface area contributed by atoms with Gasteiger partial charge in [0.15, 0.2) is 11.6 Å². The van der Waals surface area contributed by atoms with E-state index in [-0.39, 0.29) is 23.2 Å². The molecule has 0 radical (unpaired) electrons. The van der Waals surface area contributed by atoms with E-state index in [9.17, 15) is 15.3 Å². The number of aliphatic hydroxyl groups is 3. The second-order valence-corrected chi connectivity index (χ2v) is 10.2. The van der Waals surface area contributed by atoms with Crippen molar-refractivity contribution in [2.24, 2.45) is 10.7 Å². The zero-order chi connectivity index (χ0) is 27.2. The number of ether oxygens (including phenoxy) is 1. The first-order valence-corrected chi connectivity index (χ1v) is 13.1. The molecule has 9 nitrogen and oxygen atoms in total. The van der Waals surface area contributed by atoms with Gasteiger partial charge in [-0.05, 0) is 82.9 Å².